The second-order valence-electron chi connectivity index (χ2n) is 8.99. The fourth-order valence-electron chi connectivity index (χ4n) is 3.95. The Balaban J connectivity index is 2.47. The molecule has 1 aromatic rings. The molecule has 1 rings (SSSR count). The summed E-state index contributed by atoms with van der Waals surface area (Å²) in [5.74, 6) is 0.0508. The Labute approximate surface area is 206 Å². The molecule has 0 aliphatic carbocycles. The first-order chi connectivity index (χ1) is 16.5. The minimum absolute atomic E-state index is 0.0310. The molecule has 0 spiro atoms. The van der Waals surface area contributed by atoms with Crippen molar-refractivity contribution >= 4 is 17.9 Å². The number of nitrogens with zero attached hydrogens (tertiary/aromatic N) is 1. The summed E-state index contributed by atoms with van der Waals surface area (Å²) in [7, 11) is 1.49. The van der Waals surface area contributed by atoms with Crippen LogP contribution in [0.1, 0.15) is 116 Å². The SMILES string of the molecule is CCCCCCCCCCCCCc1c(O)c(N=CCCC(=O)OCCCC)cc(O)c1OC. The van der Waals surface area contributed by atoms with E-state index in [-0.39, 0.29) is 29.6 Å². The van der Waals surface area contributed by atoms with Crippen LogP contribution >= 0.6 is 0 Å². The molecular weight excluding hydrogens is 430 g/mol. The molecule has 0 unspecified atom stereocenters. The highest BCUT2D eigenvalue weighted by atomic mass is 16.5. The third kappa shape index (κ3) is 12.3. The lowest BCUT2D eigenvalue weighted by Crippen LogP contribution is -2.05. The average molecular weight is 478 g/mol. The Bertz CT molecular complexity index is 717. The van der Waals surface area contributed by atoms with Gasteiger partial charge >= 0.3 is 5.97 Å². The second kappa shape index (κ2) is 19.1. The van der Waals surface area contributed by atoms with Crippen LogP contribution in [0.5, 0.6) is 17.2 Å². The number of rotatable bonds is 20. The van der Waals surface area contributed by atoms with Crippen molar-refractivity contribution in [1.82, 2.24) is 0 Å². The highest BCUT2D eigenvalue weighted by Crippen LogP contribution is 2.44. The normalized spacial score (nSPS) is 11.3. The lowest BCUT2D eigenvalue weighted by atomic mass is 10.0. The quantitative estimate of drug-likeness (QED) is 0.0866. The topological polar surface area (TPSA) is 88.4 Å². The number of aromatic hydroxyl groups is 2. The van der Waals surface area contributed by atoms with Crippen molar-refractivity contribution in [2.75, 3.05) is 13.7 Å². The van der Waals surface area contributed by atoms with Crippen molar-refractivity contribution < 1.29 is 24.5 Å². The van der Waals surface area contributed by atoms with E-state index in [1.165, 1.54) is 71.0 Å². The van der Waals surface area contributed by atoms with Crippen molar-refractivity contribution in [3.05, 3.63) is 11.6 Å². The molecule has 194 valence electrons. The van der Waals surface area contributed by atoms with Gasteiger partial charge in [0.05, 0.1) is 20.1 Å². The summed E-state index contributed by atoms with van der Waals surface area (Å²) in [5.41, 5.74) is 0.875. The van der Waals surface area contributed by atoms with Crippen molar-refractivity contribution in [1.29, 1.82) is 0 Å². The molecule has 0 saturated heterocycles. The lowest BCUT2D eigenvalue weighted by Gasteiger charge is -2.14. The fourth-order valence-corrected chi connectivity index (χ4v) is 3.95. The van der Waals surface area contributed by atoms with Gasteiger partial charge in [0.15, 0.2) is 11.5 Å². The van der Waals surface area contributed by atoms with Gasteiger partial charge < -0.3 is 19.7 Å². The molecule has 0 saturated carbocycles. The predicted molar refractivity (Wildman–Crippen MR) is 140 cm³/mol. The monoisotopic (exact) mass is 477 g/mol. The van der Waals surface area contributed by atoms with E-state index in [9.17, 15) is 15.0 Å². The number of hydrogen-bond donors (Lipinski definition) is 2. The van der Waals surface area contributed by atoms with Crippen LogP contribution in [0, 0.1) is 0 Å². The Hall–Kier alpha value is -2.24. The predicted octanol–water partition coefficient (Wildman–Crippen LogP) is 7.79. The molecule has 0 aliphatic rings. The fraction of sp³-hybridized carbons (Fsp3) is 0.714. The van der Waals surface area contributed by atoms with E-state index in [0.717, 1.165) is 25.7 Å². The van der Waals surface area contributed by atoms with E-state index in [1.54, 1.807) is 6.21 Å². The summed E-state index contributed by atoms with van der Waals surface area (Å²) in [5, 5.41) is 21.1. The molecule has 34 heavy (non-hydrogen) atoms. The summed E-state index contributed by atoms with van der Waals surface area (Å²) in [6.07, 6.45) is 18.4. The van der Waals surface area contributed by atoms with Gasteiger partial charge in [-0.25, -0.2) is 0 Å². The van der Waals surface area contributed by atoms with Crippen LogP contribution in [0.25, 0.3) is 0 Å². The number of carbonyl (C=O) groups is 1. The third-order valence-electron chi connectivity index (χ3n) is 6.01. The van der Waals surface area contributed by atoms with Crippen LogP contribution in [-0.2, 0) is 16.0 Å². The molecule has 0 radical (unpaired) electrons. The molecule has 0 atom stereocenters. The summed E-state index contributed by atoms with van der Waals surface area (Å²) in [4.78, 5) is 16.0. The van der Waals surface area contributed by atoms with Gasteiger partial charge in [0.1, 0.15) is 11.4 Å². The van der Waals surface area contributed by atoms with Gasteiger partial charge in [0.2, 0.25) is 0 Å². The molecule has 0 aromatic heterocycles. The van der Waals surface area contributed by atoms with E-state index in [1.807, 2.05) is 6.92 Å². The van der Waals surface area contributed by atoms with Gasteiger partial charge in [0.25, 0.3) is 0 Å². The van der Waals surface area contributed by atoms with Crippen molar-refractivity contribution in [3.8, 4) is 17.2 Å². The average Bonchev–Trinajstić information content (AvgIpc) is 2.82. The molecule has 0 aliphatic heterocycles. The lowest BCUT2D eigenvalue weighted by molar-refractivity contribution is -0.143. The van der Waals surface area contributed by atoms with E-state index >= 15 is 0 Å². The number of esters is 1. The number of phenols is 2. The van der Waals surface area contributed by atoms with Crippen LogP contribution < -0.4 is 4.74 Å². The smallest absolute Gasteiger partial charge is 0.306 e. The zero-order valence-corrected chi connectivity index (χ0v) is 21.7. The number of aliphatic imine (C=N–C) groups is 1. The maximum atomic E-state index is 11.7. The molecule has 2 N–H and O–H groups in total. The number of carbonyl (C=O) groups excluding carboxylic acids is 1. The number of unbranched alkanes of at least 4 members (excludes halogenated alkanes) is 11. The Kier molecular flexibility index (Phi) is 16.7. The van der Waals surface area contributed by atoms with Gasteiger partial charge in [-0.05, 0) is 25.7 Å². The Morgan fingerprint density at radius 2 is 1.50 bits per heavy atom. The highest BCUT2D eigenvalue weighted by Gasteiger charge is 2.17. The minimum atomic E-state index is -0.251. The zero-order chi connectivity index (χ0) is 25.0. The van der Waals surface area contributed by atoms with E-state index in [2.05, 4.69) is 11.9 Å². The summed E-state index contributed by atoms with van der Waals surface area (Å²) in [6.45, 7) is 4.74. The summed E-state index contributed by atoms with van der Waals surface area (Å²) >= 11 is 0. The molecule has 0 heterocycles. The maximum absolute atomic E-state index is 11.7. The number of ether oxygens (including phenoxy) is 2. The van der Waals surface area contributed by atoms with Crippen LogP contribution in [-0.4, -0.2) is 36.1 Å². The third-order valence-corrected chi connectivity index (χ3v) is 6.01. The summed E-state index contributed by atoms with van der Waals surface area (Å²) < 4.78 is 10.5. The van der Waals surface area contributed by atoms with E-state index < -0.39 is 0 Å². The molecular formula is C28H47NO5. The molecule has 6 nitrogen and oxygen atoms in total. The number of methoxy groups -OCH3 is 1. The van der Waals surface area contributed by atoms with Crippen molar-refractivity contribution in [2.24, 2.45) is 4.99 Å². The maximum Gasteiger partial charge on any atom is 0.306 e. The standard InChI is InChI=1S/C28H47NO5/c1-4-6-8-9-10-11-12-13-14-15-16-18-23-27(32)24(22-25(30)28(23)33-3)29-20-17-19-26(31)34-21-7-5-2/h20,22,30,32H,4-19,21H2,1-3H3. The van der Waals surface area contributed by atoms with Crippen LogP contribution in [0.3, 0.4) is 0 Å². The van der Waals surface area contributed by atoms with Crippen LogP contribution in [0.2, 0.25) is 0 Å². The van der Waals surface area contributed by atoms with Crippen molar-refractivity contribution in [3.63, 3.8) is 0 Å². The van der Waals surface area contributed by atoms with Gasteiger partial charge in [-0.2, -0.15) is 0 Å². The first kappa shape index (κ1) is 29.8. The first-order valence-corrected chi connectivity index (χ1v) is 13.3. The molecule has 6 heteroatoms. The van der Waals surface area contributed by atoms with E-state index in [4.69, 9.17) is 9.47 Å². The Morgan fingerprint density at radius 3 is 2.09 bits per heavy atom. The largest absolute Gasteiger partial charge is 0.505 e. The van der Waals surface area contributed by atoms with Gasteiger partial charge in [0, 0.05) is 17.8 Å². The van der Waals surface area contributed by atoms with Crippen molar-refractivity contribution in [2.45, 2.75) is 117 Å². The molecule has 0 fully saturated rings. The van der Waals surface area contributed by atoms with Crippen LogP contribution in [0.15, 0.2) is 11.1 Å². The molecule has 0 bridgehead atoms. The molecule has 1 aromatic carbocycles. The van der Waals surface area contributed by atoms with Gasteiger partial charge in [-0.1, -0.05) is 84.5 Å². The first-order valence-electron chi connectivity index (χ1n) is 13.3. The van der Waals surface area contributed by atoms with E-state index in [0.29, 0.717) is 30.8 Å². The van der Waals surface area contributed by atoms with Gasteiger partial charge in [-0.15, -0.1) is 0 Å². The number of hydrogen-bond acceptors (Lipinski definition) is 6. The Morgan fingerprint density at radius 1 is 0.912 bits per heavy atom. The zero-order valence-electron chi connectivity index (χ0n) is 21.7. The highest BCUT2D eigenvalue weighted by molar-refractivity contribution is 5.76. The number of phenolic OH excluding ortho intramolecular Hbond substituents is 2. The van der Waals surface area contributed by atoms with Crippen LogP contribution in [0.4, 0.5) is 5.69 Å². The minimum Gasteiger partial charge on any atom is -0.505 e. The second-order valence-corrected chi connectivity index (χ2v) is 8.99. The summed E-state index contributed by atoms with van der Waals surface area (Å²) in [6, 6.07) is 1.40. The number of benzene rings is 1. The van der Waals surface area contributed by atoms with Gasteiger partial charge in [-0.3, -0.25) is 9.79 Å². The molecule has 0 amide bonds.